The number of methoxy groups -OCH3 is 1. The van der Waals surface area contributed by atoms with Crippen LogP contribution in [-0.4, -0.2) is 60.5 Å². The second-order valence-corrected chi connectivity index (χ2v) is 8.43. The Labute approximate surface area is 179 Å². The van der Waals surface area contributed by atoms with Crippen LogP contribution in [0.1, 0.15) is 30.2 Å². The van der Waals surface area contributed by atoms with Crippen LogP contribution >= 0.6 is 22.9 Å². The van der Waals surface area contributed by atoms with Gasteiger partial charge in [-0.25, -0.2) is 9.37 Å². The second kappa shape index (κ2) is 10.4. The van der Waals surface area contributed by atoms with E-state index in [0.29, 0.717) is 12.2 Å². The summed E-state index contributed by atoms with van der Waals surface area (Å²) in [5.41, 5.74) is 1.57. The summed E-state index contributed by atoms with van der Waals surface area (Å²) in [4.78, 5) is 21.5. The van der Waals surface area contributed by atoms with Crippen LogP contribution in [-0.2, 0) is 16.1 Å². The van der Waals surface area contributed by atoms with Crippen molar-refractivity contribution in [1.29, 1.82) is 0 Å². The van der Waals surface area contributed by atoms with Gasteiger partial charge in [0.05, 0.1) is 17.3 Å². The molecule has 0 radical (unpaired) electrons. The summed E-state index contributed by atoms with van der Waals surface area (Å²) in [6, 6.07) is 4.18. The number of carbonyl (C=O) groups excluding carboxylic acids is 1. The van der Waals surface area contributed by atoms with E-state index < -0.39 is 5.82 Å². The van der Waals surface area contributed by atoms with Gasteiger partial charge < -0.3 is 10.1 Å². The fourth-order valence-electron chi connectivity index (χ4n) is 3.23. The summed E-state index contributed by atoms with van der Waals surface area (Å²) in [6.07, 6.45) is 1.00. The monoisotopic (exact) mass is 440 g/mol. The van der Waals surface area contributed by atoms with E-state index in [4.69, 9.17) is 16.3 Å². The summed E-state index contributed by atoms with van der Waals surface area (Å²) in [5.74, 6) is -0.625. The SMILES string of the molecule is CO[C@H](C)c1nc(CN2CCCN(CC(=O)Nc3ccc(F)c(Cl)c3)CC2)cs1. The summed E-state index contributed by atoms with van der Waals surface area (Å²) in [7, 11) is 1.69. The molecule has 9 heteroatoms. The molecule has 1 saturated heterocycles. The quantitative estimate of drug-likeness (QED) is 0.709. The molecule has 29 heavy (non-hydrogen) atoms. The van der Waals surface area contributed by atoms with Crippen molar-refractivity contribution in [2.75, 3.05) is 45.2 Å². The Kier molecular flexibility index (Phi) is 7.97. The maximum Gasteiger partial charge on any atom is 0.238 e. The van der Waals surface area contributed by atoms with Crippen LogP contribution < -0.4 is 5.32 Å². The molecule has 1 fully saturated rings. The lowest BCUT2D eigenvalue weighted by atomic mass is 10.3. The number of aromatic nitrogens is 1. The van der Waals surface area contributed by atoms with E-state index >= 15 is 0 Å². The van der Waals surface area contributed by atoms with E-state index in [1.807, 2.05) is 6.92 Å². The molecular weight excluding hydrogens is 415 g/mol. The van der Waals surface area contributed by atoms with E-state index in [1.54, 1.807) is 18.4 Å². The molecule has 2 aromatic rings. The molecule has 0 saturated carbocycles. The topological polar surface area (TPSA) is 57.7 Å². The Hall–Kier alpha value is -1.58. The van der Waals surface area contributed by atoms with Gasteiger partial charge in [0.25, 0.3) is 0 Å². The number of anilines is 1. The Morgan fingerprint density at radius 1 is 1.34 bits per heavy atom. The fraction of sp³-hybridized carbons (Fsp3) is 0.500. The zero-order valence-electron chi connectivity index (χ0n) is 16.7. The van der Waals surface area contributed by atoms with E-state index in [2.05, 4.69) is 25.5 Å². The van der Waals surface area contributed by atoms with Gasteiger partial charge in [-0.05, 0) is 44.6 Å². The molecule has 0 unspecified atom stereocenters. The first-order valence-electron chi connectivity index (χ1n) is 9.61. The zero-order chi connectivity index (χ0) is 20.8. The minimum Gasteiger partial charge on any atom is -0.375 e. The second-order valence-electron chi connectivity index (χ2n) is 7.14. The van der Waals surface area contributed by atoms with Gasteiger partial charge in [-0.15, -0.1) is 11.3 Å². The molecule has 0 spiro atoms. The summed E-state index contributed by atoms with van der Waals surface area (Å²) in [6.45, 7) is 6.62. The minimum absolute atomic E-state index is 0.00157. The van der Waals surface area contributed by atoms with Gasteiger partial charge in [-0.1, -0.05) is 11.6 Å². The molecule has 0 aliphatic carbocycles. The molecule has 1 aliphatic rings. The molecule has 1 N–H and O–H groups in total. The van der Waals surface area contributed by atoms with Crippen LogP contribution in [0, 0.1) is 5.82 Å². The van der Waals surface area contributed by atoms with Crippen molar-refractivity contribution >= 4 is 34.5 Å². The Morgan fingerprint density at radius 3 is 2.86 bits per heavy atom. The number of halogens is 2. The zero-order valence-corrected chi connectivity index (χ0v) is 18.2. The minimum atomic E-state index is -0.499. The molecular formula is C20H26ClFN4O2S. The predicted octanol–water partition coefficient (Wildman–Crippen LogP) is 3.79. The first-order valence-corrected chi connectivity index (χ1v) is 10.9. The molecule has 1 amide bonds. The largest absolute Gasteiger partial charge is 0.375 e. The number of ether oxygens (including phenoxy) is 1. The van der Waals surface area contributed by atoms with Gasteiger partial charge in [0, 0.05) is 37.8 Å². The highest BCUT2D eigenvalue weighted by molar-refractivity contribution is 7.09. The number of rotatable bonds is 7. The number of benzene rings is 1. The average Bonchev–Trinajstić information content (AvgIpc) is 3.05. The van der Waals surface area contributed by atoms with Gasteiger partial charge in [0.2, 0.25) is 5.91 Å². The number of nitrogens with zero attached hydrogens (tertiary/aromatic N) is 3. The standard InChI is InChI=1S/C20H26ClFN4O2S/c1-14(28-2)20-24-16(13-29-20)11-25-6-3-7-26(9-8-25)12-19(27)23-15-4-5-18(22)17(21)10-15/h4-5,10,13-14H,3,6-9,11-12H2,1-2H3,(H,23,27)/t14-/m1/s1. The van der Waals surface area contributed by atoms with Crippen molar-refractivity contribution in [3.05, 3.63) is 45.1 Å². The Morgan fingerprint density at radius 2 is 2.10 bits per heavy atom. The van der Waals surface area contributed by atoms with Gasteiger partial charge in [0.1, 0.15) is 16.9 Å². The third-order valence-electron chi connectivity index (χ3n) is 4.91. The number of carbonyl (C=O) groups is 1. The van der Waals surface area contributed by atoms with Gasteiger partial charge in [-0.2, -0.15) is 0 Å². The predicted molar refractivity (Wildman–Crippen MR) is 114 cm³/mol. The van der Waals surface area contributed by atoms with E-state index in [9.17, 15) is 9.18 Å². The lowest BCUT2D eigenvalue weighted by molar-refractivity contribution is -0.117. The third-order valence-corrected chi connectivity index (χ3v) is 6.25. The van der Waals surface area contributed by atoms with E-state index in [-0.39, 0.29) is 17.0 Å². The van der Waals surface area contributed by atoms with Crippen molar-refractivity contribution in [1.82, 2.24) is 14.8 Å². The van der Waals surface area contributed by atoms with Crippen molar-refractivity contribution in [3.8, 4) is 0 Å². The number of thiazole rings is 1. The number of hydrogen-bond acceptors (Lipinski definition) is 6. The van der Waals surface area contributed by atoms with Gasteiger partial charge >= 0.3 is 0 Å². The summed E-state index contributed by atoms with van der Waals surface area (Å²) >= 11 is 7.40. The summed E-state index contributed by atoms with van der Waals surface area (Å²) < 4.78 is 18.6. The molecule has 1 atom stereocenters. The lowest BCUT2D eigenvalue weighted by Gasteiger charge is -2.21. The Balaban J connectivity index is 1.47. The van der Waals surface area contributed by atoms with Crippen molar-refractivity contribution in [2.24, 2.45) is 0 Å². The lowest BCUT2D eigenvalue weighted by Crippen LogP contribution is -2.36. The van der Waals surface area contributed by atoms with Crippen molar-refractivity contribution < 1.29 is 13.9 Å². The molecule has 0 bridgehead atoms. The maximum absolute atomic E-state index is 13.2. The normalized spacial score (nSPS) is 17.1. The first-order chi connectivity index (χ1) is 13.9. The number of nitrogens with one attached hydrogen (secondary N) is 1. The van der Waals surface area contributed by atoms with Crippen LogP contribution in [0.4, 0.5) is 10.1 Å². The van der Waals surface area contributed by atoms with Crippen LogP contribution in [0.2, 0.25) is 5.02 Å². The smallest absolute Gasteiger partial charge is 0.238 e. The molecule has 2 heterocycles. The number of amides is 1. The first kappa shape index (κ1) is 22.1. The third kappa shape index (κ3) is 6.45. The highest BCUT2D eigenvalue weighted by Crippen LogP contribution is 2.22. The number of hydrogen-bond donors (Lipinski definition) is 1. The van der Waals surface area contributed by atoms with Crippen molar-refractivity contribution in [3.63, 3.8) is 0 Å². The molecule has 3 rings (SSSR count). The summed E-state index contributed by atoms with van der Waals surface area (Å²) in [5, 5.41) is 5.87. The van der Waals surface area contributed by atoms with E-state index in [1.165, 1.54) is 18.2 Å². The van der Waals surface area contributed by atoms with Crippen molar-refractivity contribution in [2.45, 2.75) is 26.0 Å². The average molecular weight is 441 g/mol. The molecule has 1 aromatic carbocycles. The van der Waals surface area contributed by atoms with Crippen LogP contribution in [0.25, 0.3) is 0 Å². The van der Waals surface area contributed by atoms with Gasteiger partial charge in [0.15, 0.2) is 0 Å². The highest BCUT2D eigenvalue weighted by atomic mass is 35.5. The van der Waals surface area contributed by atoms with Gasteiger partial charge in [-0.3, -0.25) is 14.6 Å². The van der Waals surface area contributed by atoms with Crippen LogP contribution in [0.5, 0.6) is 0 Å². The van der Waals surface area contributed by atoms with Crippen LogP contribution in [0.3, 0.4) is 0 Å². The van der Waals surface area contributed by atoms with Crippen LogP contribution in [0.15, 0.2) is 23.6 Å². The maximum atomic E-state index is 13.2. The molecule has 158 valence electrons. The molecule has 6 nitrogen and oxygen atoms in total. The molecule has 1 aliphatic heterocycles. The Bertz CT molecular complexity index is 835. The highest BCUT2D eigenvalue weighted by Gasteiger charge is 2.19. The molecule has 1 aromatic heterocycles. The fourth-order valence-corrected chi connectivity index (χ4v) is 4.25. The van der Waals surface area contributed by atoms with E-state index in [0.717, 1.165) is 49.8 Å².